The van der Waals surface area contributed by atoms with Crippen LogP contribution in [-0.4, -0.2) is 17.8 Å². The van der Waals surface area contributed by atoms with Gasteiger partial charge in [0.05, 0.1) is 16.3 Å². The zero-order valence-electron chi connectivity index (χ0n) is 10.9. The molecule has 0 aromatic heterocycles. The van der Waals surface area contributed by atoms with Gasteiger partial charge in [-0.2, -0.15) is 0 Å². The van der Waals surface area contributed by atoms with Gasteiger partial charge in [0, 0.05) is 15.8 Å². The van der Waals surface area contributed by atoms with Gasteiger partial charge < -0.3 is 5.11 Å². The highest BCUT2D eigenvalue weighted by Gasteiger charge is 2.09. The molecule has 0 amide bonds. The van der Waals surface area contributed by atoms with Crippen molar-refractivity contribution < 1.29 is 9.90 Å². The summed E-state index contributed by atoms with van der Waals surface area (Å²) >= 11 is 12.1. The molecule has 1 N–H and O–H groups in total. The minimum absolute atomic E-state index is 0.142. The molecule has 0 radical (unpaired) electrons. The van der Waals surface area contributed by atoms with Crippen LogP contribution >= 0.6 is 23.2 Å². The number of carboxylic acid groups (broad SMARTS) is 1. The first-order valence-corrected chi connectivity index (χ1v) is 6.68. The van der Waals surface area contributed by atoms with E-state index >= 15 is 0 Å². The highest BCUT2D eigenvalue weighted by Crippen LogP contribution is 2.26. The Hall–Kier alpha value is -2.10. The monoisotopic (exact) mass is 319 g/mol. The molecule has 0 unspecified atom stereocenters. The maximum atomic E-state index is 11.1. The van der Waals surface area contributed by atoms with Crippen LogP contribution in [0, 0.1) is 0 Å². The number of carboxylic acids is 1. The number of benzene rings is 2. The molecule has 0 aliphatic carbocycles. The fraction of sp³-hybridized carbons (Fsp3) is 0. The van der Waals surface area contributed by atoms with Gasteiger partial charge >= 0.3 is 5.97 Å². The summed E-state index contributed by atoms with van der Waals surface area (Å²) in [4.78, 5) is 15.1. The zero-order valence-corrected chi connectivity index (χ0v) is 12.4. The molecule has 106 valence electrons. The van der Waals surface area contributed by atoms with Gasteiger partial charge in [-0.3, -0.25) is 4.99 Å². The molecule has 0 fully saturated rings. The van der Waals surface area contributed by atoms with E-state index < -0.39 is 5.97 Å². The van der Waals surface area contributed by atoms with E-state index in [0.29, 0.717) is 31.7 Å². The molecule has 0 bridgehead atoms. The van der Waals surface area contributed by atoms with Crippen molar-refractivity contribution >= 4 is 48.2 Å². The standard InChI is InChI=1S/C16H11Cl2NO2/c1-9-3-4-10(16(20)21)7-13(9)15(19-2)12-6-5-11(17)8-14(12)18/h3-8H,1-2H2,(H,20,21)/b15-13-. The normalized spacial score (nSPS) is 11.9. The van der Waals surface area contributed by atoms with Crippen LogP contribution in [0.4, 0.5) is 0 Å². The number of aromatic carboxylic acids is 1. The van der Waals surface area contributed by atoms with Crippen molar-refractivity contribution in [2.45, 2.75) is 0 Å². The summed E-state index contributed by atoms with van der Waals surface area (Å²) < 4.78 is 0. The van der Waals surface area contributed by atoms with Crippen LogP contribution in [0.5, 0.6) is 0 Å². The van der Waals surface area contributed by atoms with E-state index in [-0.39, 0.29) is 5.56 Å². The molecule has 0 atom stereocenters. The smallest absolute Gasteiger partial charge is 0.335 e. The first kappa shape index (κ1) is 15.3. The fourth-order valence-corrected chi connectivity index (χ4v) is 2.42. The van der Waals surface area contributed by atoms with Gasteiger partial charge in [0.2, 0.25) is 0 Å². The molecule has 5 heteroatoms. The first-order chi connectivity index (χ1) is 9.93. The van der Waals surface area contributed by atoms with E-state index in [1.165, 1.54) is 12.1 Å². The summed E-state index contributed by atoms with van der Waals surface area (Å²) in [6, 6.07) is 9.58. The highest BCUT2D eigenvalue weighted by atomic mass is 35.5. The fourth-order valence-electron chi connectivity index (χ4n) is 1.93. The molecule has 0 saturated carbocycles. The van der Waals surface area contributed by atoms with E-state index in [1.54, 1.807) is 24.3 Å². The second kappa shape index (κ2) is 6.12. The minimum atomic E-state index is -1.03. The lowest BCUT2D eigenvalue weighted by Gasteiger charge is -2.06. The quantitative estimate of drug-likeness (QED) is 0.884. The van der Waals surface area contributed by atoms with Crippen LogP contribution in [0.2, 0.25) is 10.0 Å². The summed E-state index contributed by atoms with van der Waals surface area (Å²) in [6.45, 7) is 7.43. The topological polar surface area (TPSA) is 49.7 Å². The summed E-state index contributed by atoms with van der Waals surface area (Å²) in [6.07, 6.45) is 0. The number of carbonyl (C=O) groups is 1. The third kappa shape index (κ3) is 3.15. The van der Waals surface area contributed by atoms with Crippen LogP contribution in [0.1, 0.15) is 15.9 Å². The maximum Gasteiger partial charge on any atom is 0.335 e. The Morgan fingerprint density at radius 1 is 1.14 bits per heavy atom. The van der Waals surface area contributed by atoms with Crippen molar-refractivity contribution in [3.63, 3.8) is 0 Å². The van der Waals surface area contributed by atoms with Crippen LogP contribution in [-0.2, 0) is 0 Å². The van der Waals surface area contributed by atoms with Gasteiger partial charge in [-0.25, -0.2) is 4.79 Å². The molecule has 2 aromatic carbocycles. The van der Waals surface area contributed by atoms with Crippen molar-refractivity contribution in [2.75, 3.05) is 0 Å². The Labute approximate surface area is 131 Å². The first-order valence-electron chi connectivity index (χ1n) is 5.93. The van der Waals surface area contributed by atoms with E-state index in [9.17, 15) is 4.79 Å². The van der Waals surface area contributed by atoms with Gasteiger partial charge in [-0.1, -0.05) is 35.8 Å². The van der Waals surface area contributed by atoms with E-state index in [0.717, 1.165) is 0 Å². The number of aliphatic imine (C=N–C) groups is 1. The van der Waals surface area contributed by atoms with Gasteiger partial charge in [-0.05, 0) is 42.3 Å². The van der Waals surface area contributed by atoms with Crippen molar-refractivity contribution in [2.24, 2.45) is 4.99 Å². The summed E-state index contributed by atoms with van der Waals surface area (Å²) in [5.74, 6) is -1.03. The van der Waals surface area contributed by atoms with Gasteiger partial charge in [0.1, 0.15) is 0 Å². The molecule has 0 aliphatic heterocycles. The molecular formula is C16H11Cl2NO2. The van der Waals surface area contributed by atoms with Crippen LogP contribution in [0.25, 0.3) is 12.3 Å². The number of halogens is 2. The maximum absolute atomic E-state index is 11.1. The molecule has 0 heterocycles. The number of nitrogens with zero attached hydrogens (tertiary/aromatic N) is 1. The van der Waals surface area contributed by atoms with Gasteiger partial charge in [0.15, 0.2) is 0 Å². The average Bonchev–Trinajstić information content (AvgIpc) is 2.43. The van der Waals surface area contributed by atoms with Gasteiger partial charge in [0.25, 0.3) is 0 Å². The number of rotatable bonds is 3. The number of hydrogen-bond acceptors (Lipinski definition) is 2. The highest BCUT2D eigenvalue weighted by molar-refractivity contribution is 6.35. The molecule has 3 nitrogen and oxygen atoms in total. The Morgan fingerprint density at radius 3 is 2.43 bits per heavy atom. The molecule has 0 saturated heterocycles. The van der Waals surface area contributed by atoms with Crippen LogP contribution in [0.3, 0.4) is 0 Å². The third-order valence-corrected chi connectivity index (χ3v) is 3.50. The van der Waals surface area contributed by atoms with Crippen molar-refractivity contribution in [3.05, 3.63) is 68.0 Å². The lowest BCUT2D eigenvalue weighted by atomic mass is 10.1. The predicted octanol–water partition coefficient (Wildman–Crippen LogP) is 2.96. The summed E-state index contributed by atoms with van der Waals surface area (Å²) in [5.41, 5.74) is 1.22. The molecule has 2 aromatic rings. The second-order valence-corrected chi connectivity index (χ2v) is 5.15. The van der Waals surface area contributed by atoms with Crippen LogP contribution in [0.15, 0.2) is 41.4 Å². The van der Waals surface area contributed by atoms with E-state index in [2.05, 4.69) is 18.3 Å². The van der Waals surface area contributed by atoms with Crippen molar-refractivity contribution in [1.29, 1.82) is 0 Å². The number of hydrogen-bond donors (Lipinski definition) is 1. The minimum Gasteiger partial charge on any atom is -0.478 e. The van der Waals surface area contributed by atoms with Gasteiger partial charge in [-0.15, -0.1) is 0 Å². The van der Waals surface area contributed by atoms with Crippen molar-refractivity contribution in [1.82, 2.24) is 0 Å². The Bertz CT molecular complexity index is 844. The lowest BCUT2D eigenvalue weighted by Crippen LogP contribution is -2.27. The molecule has 0 spiro atoms. The summed E-state index contributed by atoms with van der Waals surface area (Å²) in [7, 11) is 0. The zero-order chi connectivity index (χ0) is 15.6. The second-order valence-electron chi connectivity index (χ2n) is 4.31. The van der Waals surface area contributed by atoms with Crippen molar-refractivity contribution in [3.8, 4) is 0 Å². The Balaban J connectivity index is 2.86. The third-order valence-electron chi connectivity index (χ3n) is 2.96. The molecule has 0 aliphatic rings. The largest absolute Gasteiger partial charge is 0.478 e. The van der Waals surface area contributed by atoms with Crippen LogP contribution < -0.4 is 10.4 Å². The summed E-state index contributed by atoms with van der Waals surface area (Å²) in [5, 5.41) is 11.2. The Morgan fingerprint density at radius 2 is 1.86 bits per heavy atom. The Kier molecular flexibility index (Phi) is 4.46. The molecule has 2 rings (SSSR count). The van der Waals surface area contributed by atoms with E-state index in [1.807, 2.05) is 0 Å². The molecular weight excluding hydrogens is 309 g/mol. The molecule has 21 heavy (non-hydrogen) atoms. The lowest BCUT2D eigenvalue weighted by molar-refractivity contribution is 0.0697. The van der Waals surface area contributed by atoms with E-state index in [4.69, 9.17) is 28.3 Å². The predicted molar refractivity (Wildman–Crippen MR) is 86.7 cm³/mol. The average molecular weight is 320 g/mol. The SMILES string of the molecule is C=N/C(c1ccc(Cl)cc1Cl)=c1/cc(C(=O)O)ccc1=C.